The van der Waals surface area contributed by atoms with Gasteiger partial charge in [-0.05, 0) is 18.2 Å². The van der Waals surface area contributed by atoms with Crippen molar-refractivity contribution >= 4 is 12.0 Å². The fourth-order valence-electron chi connectivity index (χ4n) is 1.20. The zero-order valence-electron chi connectivity index (χ0n) is 6.54. The van der Waals surface area contributed by atoms with Gasteiger partial charge in [-0.25, -0.2) is 4.79 Å². The van der Waals surface area contributed by atoms with Gasteiger partial charge in [0.25, 0.3) is 0 Å². The van der Waals surface area contributed by atoms with Crippen LogP contribution in [0.25, 0.3) is 6.08 Å². The summed E-state index contributed by atoms with van der Waals surface area (Å²) in [5, 5.41) is 0. The van der Waals surface area contributed by atoms with Gasteiger partial charge in [0, 0.05) is 23.9 Å². The Morgan fingerprint density at radius 3 is 3.08 bits per heavy atom. The lowest BCUT2D eigenvalue weighted by Gasteiger charge is -1.89. The SMILES string of the molecule is O=C1OCC/C1=C\c1ccc[nH]1. The van der Waals surface area contributed by atoms with Crippen LogP contribution in [0.3, 0.4) is 0 Å². The number of aromatic nitrogens is 1. The Labute approximate surface area is 70.0 Å². The third-order valence-electron chi connectivity index (χ3n) is 1.82. The number of carbonyl (C=O) groups excluding carboxylic acids is 1. The van der Waals surface area contributed by atoms with Crippen molar-refractivity contribution in [1.82, 2.24) is 4.98 Å². The van der Waals surface area contributed by atoms with Crippen molar-refractivity contribution in [2.45, 2.75) is 6.42 Å². The third-order valence-corrected chi connectivity index (χ3v) is 1.82. The number of nitrogens with one attached hydrogen (secondary N) is 1. The summed E-state index contributed by atoms with van der Waals surface area (Å²) in [5.41, 5.74) is 1.70. The van der Waals surface area contributed by atoms with Crippen LogP contribution in [0.5, 0.6) is 0 Å². The fraction of sp³-hybridized carbons (Fsp3) is 0.222. The van der Waals surface area contributed by atoms with E-state index in [0.29, 0.717) is 6.61 Å². The fourth-order valence-corrected chi connectivity index (χ4v) is 1.20. The second-order valence-electron chi connectivity index (χ2n) is 2.68. The van der Waals surface area contributed by atoms with Gasteiger partial charge in [-0.15, -0.1) is 0 Å². The zero-order chi connectivity index (χ0) is 8.39. The van der Waals surface area contributed by atoms with Gasteiger partial charge in [-0.1, -0.05) is 0 Å². The molecule has 3 nitrogen and oxygen atoms in total. The Morgan fingerprint density at radius 2 is 2.50 bits per heavy atom. The Hall–Kier alpha value is -1.51. The number of cyclic esters (lactones) is 1. The number of aromatic amines is 1. The molecule has 0 aliphatic carbocycles. The molecule has 0 unspecified atom stereocenters. The average Bonchev–Trinajstić information content (AvgIpc) is 2.65. The van der Waals surface area contributed by atoms with E-state index < -0.39 is 0 Å². The number of carbonyl (C=O) groups is 1. The smallest absolute Gasteiger partial charge is 0.334 e. The third kappa shape index (κ3) is 1.25. The van der Waals surface area contributed by atoms with E-state index in [1.165, 1.54) is 0 Å². The first-order chi connectivity index (χ1) is 5.86. The van der Waals surface area contributed by atoms with E-state index >= 15 is 0 Å². The van der Waals surface area contributed by atoms with Crippen LogP contribution in [-0.2, 0) is 9.53 Å². The molecular formula is C9H9NO2. The van der Waals surface area contributed by atoms with Gasteiger partial charge in [0.2, 0.25) is 0 Å². The number of ether oxygens (including phenoxy) is 1. The maximum atomic E-state index is 11.0. The molecule has 0 spiro atoms. The molecule has 0 atom stereocenters. The molecule has 3 heteroatoms. The summed E-state index contributed by atoms with van der Waals surface area (Å²) in [5.74, 6) is -0.190. The number of hydrogen-bond acceptors (Lipinski definition) is 2. The molecule has 2 heterocycles. The molecule has 1 N–H and O–H groups in total. The zero-order valence-corrected chi connectivity index (χ0v) is 6.54. The average molecular weight is 163 g/mol. The van der Waals surface area contributed by atoms with Crippen molar-refractivity contribution in [3.05, 3.63) is 29.6 Å². The van der Waals surface area contributed by atoms with Crippen LogP contribution in [0.15, 0.2) is 23.9 Å². The summed E-state index contributed by atoms with van der Waals surface area (Å²) in [6.07, 6.45) is 4.37. The van der Waals surface area contributed by atoms with Gasteiger partial charge in [0.15, 0.2) is 0 Å². The van der Waals surface area contributed by atoms with Crippen LogP contribution in [-0.4, -0.2) is 17.6 Å². The van der Waals surface area contributed by atoms with E-state index in [2.05, 4.69) is 4.98 Å². The quantitative estimate of drug-likeness (QED) is 0.501. The van der Waals surface area contributed by atoms with Crippen molar-refractivity contribution in [3.63, 3.8) is 0 Å². The predicted octanol–water partition coefficient (Wildman–Crippen LogP) is 1.34. The highest BCUT2D eigenvalue weighted by molar-refractivity contribution is 5.94. The van der Waals surface area contributed by atoms with E-state index in [9.17, 15) is 4.79 Å². The molecular weight excluding hydrogens is 154 g/mol. The largest absolute Gasteiger partial charge is 0.462 e. The second kappa shape index (κ2) is 2.85. The second-order valence-corrected chi connectivity index (χ2v) is 2.68. The minimum atomic E-state index is -0.190. The number of H-pyrrole nitrogens is 1. The van der Waals surface area contributed by atoms with Crippen LogP contribution in [0.4, 0.5) is 0 Å². The highest BCUT2D eigenvalue weighted by atomic mass is 16.5. The van der Waals surface area contributed by atoms with E-state index in [1.807, 2.05) is 24.4 Å². The normalized spacial score (nSPS) is 20.0. The van der Waals surface area contributed by atoms with Crippen molar-refractivity contribution in [1.29, 1.82) is 0 Å². The molecule has 1 aliphatic heterocycles. The highest BCUT2D eigenvalue weighted by Crippen LogP contribution is 2.15. The van der Waals surface area contributed by atoms with Gasteiger partial charge >= 0.3 is 5.97 Å². The van der Waals surface area contributed by atoms with E-state index in [4.69, 9.17) is 4.74 Å². The van der Waals surface area contributed by atoms with E-state index in [1.54, 1.807) is 0 Å². The maximum Gasteiger partial charge on any atom is 0.334 e. The molecule has 12 heavy (non-hydrogen) atoms. The Balaban J connectivity index is 2.23. The number of rotatable bonds is 1. The first-order valence-corrected chi connectivity index (χ1v) is 3.87. The van der Waals surface area contributed by atoms with E-state index in [-0.39, 0.29) is 5.97 Å². The summed E-state index contributed by atoms with van der Waals surface area (Å²) < 4.78 is 4.79. The molecule has 1 fully saturated rings. The van der Waals surface area contributed by atoms with Crippen molar-refractivity contribution < 1.29 is 9.53 Å². The Morgan fingerprint density at radius 1 is 1.58 bits per heavy atom. The highest BCUT2D eigenvalue weighted by Gasteiger charge is 2.18. The molecule has 62 valence electrons. The molecule has 1 aromatic heterocycles. The van der Waals surface area contributed by atoms with Crippen LogP contribution in [0.1, 0.15) is 12.1 Å². The van der Waals surface area contributed by atoms with Gasteiger partial charge in [-0.3, -0.25) is 0 Å². The molecule has 1 aromatic rings. The molecule has 1 saturated heterocycles. The predicted molar refractivity (Wildman–Crippen MR) is 44.3 cm³/mol. The first-order valence-electron chi connectivity index (χ1n) is 3.87. The first kappa shape index (κ1) is 7.16. The summed E-state index contributed by atoms with van der Waals surface area (Å²) in [6.45, 7) is 0.519. The topological polar surface area (TPSA) is 42.1 Å². The van der Waals surface area contributed by atoms with Gasteiger partial charge < -0.3 is 9.72 Å². The van der Waals surface area contributed by atoms with Crippen LogP contribution >= 0.6 is 0 Å². The monoisotopic (exact) mass is 163 g/mol. The van der Waals surface area contributed by atoms with Crippen LogP contribution < -0.4 is 0 Å². The van der Waals surface area contributed by atoms with Crippen LogP contribution in [0, 0.1) is 0 Å². The molecule has 0 bridgehead atoms. The van der Waals surface area contributed by atoms with Gasteiger partial charge in [-0.2, -0.15) is 0 Å². The standard InChI is InChI=1S/C9H9NO2/c11-9-7(3-5-12-9)6-8-2-1-4-10-8/h1-2,4,6,10H,3,5H2/b7-6+. The lowest BCUT2D eigenvalue weighted by atomic mass is 10.2. The summed E-state index contributed by atoms with van der Waals surface area (Å²) in [4.78, 5) is 14.0. The number of esters is 1. The van der Waals surface area contributed by atoms with Gasteiger partial charge in [0.1, 0.15) is 0 Å². The minimum Gasteiger partial charge on any atom is -0.462 e. The minimum absolute atomic E-state index is 0.190. The van der Waals surface area contributed by atoms with Crippen molar-refractivity contribution in [3.8, 4) is 0 Å². The van der Waals surface area contributed by atoms with E-state index in [0.717, 1.165) is 17.7 Å². The van der Waals surface area contributed by atoms with Crippen LogP contribution in [0.2, 0.25) is 0 Å². The molecule has 0 radical (unpaired) electrons. The van der Waals surface area contributed by atoms with Crippen molar-refractivity contribution in [2.24, 2.45) is 0 Å². The maximum absolute atomic E-state index is 11.0. The van der Waals surface area contributed by atoms with Gasteiger partial charge in [0.05, 0.1) is 6.61 Å². The lowest BCUT2D eigenvalue weighted by Crippen LogP contribution is -1.94. The molecule has 1 aliphatic rings. The summed E-state index contributed by atoms with van der Waals surface area (Å²) >= 11 is 0. The molecule has 2 rings (SSSR count). The molecule has 0 amide bonds. The number of hydrogen-bond donors (Lipinski definition) is 1. The lowest BCUT2D eigenvalue weighted by molar-refractivity contribution is -0.134. The summed E-state index contributed by atoms with van der Waals surface area (Å²) in [6, 6.07) is 3.81. The summed E-state index contributed by atoms with van der Waals surface area (Å²) in [7, 11) is 0. The Bertz CT molecular complexity index is 311. The molecule has 0 saturated carbocycles. The van der Waals surface area contributed by atoms with Crippen molar-refractivity contribution in [2.75, 3.05) is 6.61 Å². The Kier molecular flexibility index (Phi) is 1.70. The molecule has 0 aromatic carbocycles.